The molecule has 1 aliphatic rings. The Kier molecular flexibility index (Phi) is 7.30. The first kappa shape index (κ1) is 22.1. The van der Waals surface area contributed by atoms with Crippen LogP contribution in [-0.4, -0.2) is 46.9 Å². The molecule has 3 rings (SSSR count). The van der Waals surface area contributed by atoms with E-state index in [0.717, 1.165) is 48.9 Å². The van der Waals surface area contributed by atoms with Gasteiger partial charge in [-0.25, -0.2) is 0 Å². The number of nitrogens with zero attached hydrogens (tertiary/aromatic N) is 3. The molecule has 158 valence electrons. The number of aryl methyl sites for hydroxylation is 1. The number of carbonyl (C=O) groups is 1. The first-order valence-corrected chi connectivity index (χ1v) is 10.6. The molecule has 0 radical (unpaired) electrons. The number of carbonyl (C=O) groups excluding carboxylic acids is 1. The molecule has 1 aliphatic heterocycles. The van der Waals surface area contributed by atoms with Crippen LogP contribution in [0.15, 0.2) is 29.1 Å². The smallest absolute Gasteiger partial charge is 0.266 e. The number of hydrogen-bond donors (Lipinski definition) is 1. The Morgan fingerprint density at radius 3 is 2.60 bits per heavy atom. The Morgan fingerprint density at radius 1 is 1.17 bits per heavy atom. The fourth-order valence-electron chi connectivity index (χ4n) is 4.04. The number of H-pyrrole nitrogens is 1. The van der Waals surface area contributed by atoms with Gasteiger partial charge in [0.05, 0.1) is 0 Å². The van der Waals surface area contributed by atoms with Crippen LogP contribution in [-0.2, 0) is 17.8 Å². The van der Waals surface area contributed by atoms with Gasteiger partial charge < -0.3 is 9.88 Å². The van der Waals surface area contributed by atoms with Crippen molar-refractivity contribution in [2.45, 2.75) is 39.7 Å². The summed E-state index contributed by atoms with van der Waals surface area (Å²) < 4.78 is 0. The third-order valence-electron chi connectivity index (χ3n) is 5.77. The van der Waals surface area contributed by atoms with E-state index in [-0.39, 0.29) is 17.0 Å². The highest BCUT2D eigenvalue weighted by atomic mass is 35.5. The number of hydrogen-bond acceptors (Lipinski definition) is 4. The molecule has 0 aliphatic carbocycles. The van der Waals surface area contributed by atoms with Gasteiger partial charge in [-0.1, -0.05) is 23.7 Å². The van der Waals surface area contributed by atoms with E-state index in [9.17, 15) is 14.9 Å². The molecule has 0 saturated carbocycles. The molecule has 2 heterocycles. The standard InChI is InChI=1S/C23H27ClN4O2/c1-16-20(17(2)26-23(30)21(16)14-25)8-9-22(29)28-11-3-10-27(12-13-28)15-18-4-6-19(24)7-5-18/h4-7H,3,8-13,15H2,1-2H3,(H,26,30). The second-order valence-electron chi connectivity index (χ2n) is 7.81. The molecule has 7 heteroatoms. The number of benzene rings is 1. The van der Waals surface area contributed by atoms with Gasteiger partial charge in [0.1, 0.15) is 11.6 Å². The average molecular weight is 427 g/mol. The zero-order valence-corrected chi connectivity index (χ0v) is 18.3. The number of pyridine rings is 1. The van der Waals surface area contributed by atoms with Crippen molar-refractivity contribution in [3.63, 3.8) is 0 Å². The number of aromatic amines is 1. The molecule has 0 unspecified atom stereocenters. The van der Waals surface area contributed by atoms with Gasteiger partial charge in [-0.05, 0) is 55.5 Å². The minimum Gasteiger partial charge on any atom is -0.341 e. The lowest BCUT2D eigenvalue weighted by Crippen LogP contribution is -2.35. The van der Waals surface area contributed by atoms with Crippen LogP contribution in [0.5, 0.6) is 0 Å². The lowest BCUT2D eigenvalue weighted by molar-refractivity contribution is -0.131. The largest absolute Gasteiger partial charge is 0.341 e. The van der Waals surface area contributed by atoms with E-state index in [1.807, 2.05) is 42.2 Å². The lowest BCUT2D eigenvalue weighted by atomic mass is 9.99. The Hall–Kier alpha value is -2.62. The van der Waals surface area contributed by atoms with E-state index in [1.165, 1.54) is 5.56 Å². The van der Waals surface area contributed by atoms with Crippen molar-refractivity contribution in [3.05, 3.63) is 67.6 Å². The maximum absolute atomic E-state index is 12.8. The molecule has 1 fully saturated rings. The van der Waals surface area contributed by atoms with Crippen LogP contribution < -0.4 is 5.56 Å². The van der Waals surface area contributed by atoms with Crippen LogP contribution in [0, 0.1) is 25.2 Å². The molecule has 0 bridgehead atoms. The van der Waals surface area contributed by atoms with Gasteiger partial charge in [0.15, 0.2) is 0 Å². The number of nitriles is 1. The summed E-state index contributed by atoms with van der Waals surface area (Å²) in [5.41, 5.74) is 3.28. The maximum atomic E-state index is 12.8. The predicted molar refractivity (Wildman–Crippen MR) is 117 cm³/mol. The fourth-order valence-corrected chi connectivity index (χ4v) is 4.16. The summed E-state index contributed by atoms with van der Waals surface area (Å²) >= 11 is 5.96. The van der Waals surface area contributed by atoms with Crippen LogP contribution in [0.3, 0.4) is 0 Å². The molecular formula is C23H27ClN4O2. The van der Waals surface area contributed by atoms with Crippen LogP contribution in [0.4, 0.5) is 0 Å². The molecule has 1 amide bonds. The van der Waals surface area contributed by atoms with Crippen molar-refractivity contribution in [1.82, 2.24) is 14.8 Å². The number of amides is 1. The second-order valence-corrected chi connectivity index (χ2v) is 8.24. The van der Waals surface area contributed by atoms with Gasteiger partial charge in [0.2, 0.25) is 5.91 Å². The Labute approximate surface area is 182 Å². The Bertz CT molecular complexity index is 1010. The Balaban J connectivity index is 1.57. The number of nitrogens with one attached hydrogen (secondary N) is 1. The van der Waals surface area contributed by atoms with Crippen molar-refractivity contribution in [1.29, 1.82) is 5.26 Å². The highest BCUT2D eigenvalue weighted by molar-refractivity contribution is 6.30. The summed E-state index contributed by atoms with van der Waals surface area (Å²) in [7, 11) is 0. The third kappa shape index (κ3) is 5.29. The zero-order valence-electron chi connectivity index (χ0n) is 17.5. The van der Waals surface area contributed by atoms with Crippen LogP contribution in [0.25, 0.3) is 0 Å². The Morgan fingerprint density at radius 2 is 1.90 bits per heavy atom. The number of rotatable bonds is 5. The number of halogens is 1. The van der Waals surface area contributed by atoms with E-state index in [0.29, 0.717) is 24.9 Å². The predicted octanol–water partition coefficient (Wildman–Crippen LogP) is 3.18. The SMILES string of the molecule is Cc1[nH]c(=O)c(C#N)c(C)c1CCC(=O)N1CCCN(Cc2ccc(Cl)cc2)CC1. The summed E-state index contributed by atoms with van der Waals surface area (Å²) in [5.74, 6) is 0.117. The molecule has 1 aromatic heterocycles. The lowest BCUT2D eigenvalue weighted by Gasteiger charge is -2.22. The van der Waals surface area contributed by atoms with Crippen LogP contribution in [0.1, 0.15) is 40.8 Å². The normalized spacial score (nSPS) is 14.9. The van der Waals surface area contributed by atoms with E-state index in [2.05, 4.69) is 9.88 Å². The van der Waals surface area contributed by atoms with Crippen molar-refractivity contribution < 1.29 is 4.79 Å². The van der Waals surface area contributed by atoms with Gasteiger partial charge in [-0.15, -0.1) is 0 Å². The first-order chi connectivity index (χ1) is 14.4. The van der Waals surface area contributed by atoms with Crippen LogP contribution >= 0.6 is 11.6 Å². The highest BCUT2D eigenvalue weighted by Crippen LogP contribution is 2.17. The fraction of sp³-hybridized carbons (Fsp3) is 0.435. The van der Waals surface area contributed by atoms with Gasteiger partial charge in [-0.2, -0.15) is 5.26 Å². The maximum Gasteiger partial charge on any atom is 0.266 e. The van der Waals surface area contributed by atoms with E-state index in [4.69, 9.17) is 11.6 Å². The second kappa shape index (κ2) is 9.92. The summed E-state index contributed by atoms with van der Waals surface area (Å²) in [6, 6.07) is 9.86. The molecule has 0 atom stereocenters. The monoisotopic (exact) mass is 426 g/mol. The van der Waals surface area contributed by atoms with E-state index < -0.39 is 0 Å². The quantitative estimate of drug-likeness (QED) is 0.796. The average Bonchev–Trinajstić information content (AvgIpc) is 2.95. The van der Waals surface area contributed by atoms with Crippen molar-refractivity contribution >= 4 is 17.5 Å². The molecule has 0 spiro atoms. The summed E-state index contributed by atoms with van der Waals surface area (Å²) in [5, 5.41) is 9.95. The van der Waals surface area contributed by atoms with Gasteiger partial charge in [-0.3, -0.25) is 14.5 Å². The summed E-state index contributed by atoms with van der Waals surface area (Å²) in [6.45, 7) is 7.70. The minimum atomic E-state index is -0.365. The van der Waals surface area contributed by atoms with Gasteiger partial charge >= 0.3 is 0 Å². The van der Waals surface area contributed by atoms with Crippen molar-refractivity contribution in [2.75, 3.05) is 26.2 Å². The van der Waals surface area contributed by atoms with Crippen molar-refractivity contribution in [2.24, 2.45) is 0 Å². The summed E-state index contributed by atoms with van der Waals surface area (Å²) in [6.07, 6.45) is 1.83. The molecule has 2 aromatic rings. The molecule has 1 aromatic carbocycles. The molecule has 1 saturated heterocycles. The number of aromatic nitrogens is 1. The van der Waals surface area contributed by atoms with Crippen molar-refractivity contribution in [3.8, 4) is 6.07 Å². The van der Waals surface area contributed by atoms with Crippen LogP contribution in [0.2, 0.25) is 5.02 Å². The molecule has 1 N–H and O–H groups in total. The van der Waals surface area contributed by atoms with Gasteiger partial charge in [0.25, 0.3) is 5.56 Å². The third-order valence-corrected chi connectivity index (χ3v) is 6.02. The first-order valence-electron chi connectivity index (χ1n) is 10.3. The highest BCUT2D eigenvalue weighted by Gasteiger charge is 2.20. The minimum absolute atomic E-state index is 0.117. The van der Waals surface area contributed by atoms with E-state index >= 15 is 0 Å². The molecule has 30 heavy (non-hydrogen) atoms. The molecular weight excluding hydrogens is 400 g/mol. The topological polar surface area (TPSA) is 80.2 Å². The van der Waals surface area contributed by atoms with Gasteiger partial charge in [0, 0.05) is 49.9 Å². The molecule has 6 nitrogen and oxygen atoms in total. The summed E-state index contributed by atoms with van der Waals surface area (Å²) in [4.78, 5) is 31.7. The van der Waals surface area contributed by atoms with E-state index in [1.54, 1.807) is 6.92 Å². The zero-order chi connectivity index (χ0) is 21.7.